The second kappa shape index (κ2) is 11.6. The lowest BCUT2D eigenvalue weighted by molar-refractivity contribution is -0.126. The second-order valence-electron chi connectivity index (χ2n) is 9.16. The predicted molar refractivity (Wildman–Crippen MR) is 136 cm³/mol. The number of rotatable bonds is 11. The third-order valence-corrected chi connectivity index (χ3v) is 6.65. The molecule has 3 aromatic rings. The van der Waals surface area contributed by atoms with Crippen molar-refractivity contribution in [3.05, 3.63) is 54.5 Å². The van der Waals surface area contributed by atoms with E-state index in [0.717, 1.165) is 42.8 Å². The number of hydrogen-bond acceptors (Lipinski definition) is 4. The highest BCUT2D eigenvalue weighted by Crippen LogP contribution is 2.26. The molecule has 1 fully saturated rings. The summed E-state index contributed by atoms with van der Waals surface area (Å²) in [6, 6.07) is 14.6. The first-order valence-electron chi connectivity index (χ1n) is 12.3. The van der Waals surface area contributed by atoms with Crippen LogP contribution in [-0.4, -0.2) is 47.8 Å². The Labute approximate surface area is 205 Å². The van der Waals surface area contributed by atoms with Gasteiger partial charge in [-0.05, 0) is 29.7 Å². The van der Waals surface area contributed by atoms with Gasteiger partial charge >= 0.3 is 0 Å². The van der Waals surface area contributed by atoms with E-state index in [1.807, 2.05) is 18.3 Å². The molecule has 0 radical (unpaired) electrons. The molecule has 184 valence electrons. The topological polar surface area (TPSA) is 116 Å². The van der Waals surface area contributed by atoms with Crippen LogP contribution in [0.4, 0.5) is 0 Å². The van der Waals surface area contributed by atoms with Crippen LogP contribution in [0.2, 0.25) is 0 Å². The third-order valence-electron chi connectivity index (χ3n) is 6.65. The monoisotopic (exact) mass is 475 g/mol. The summed E-state index contributed by atoms with van der Waals surface area (Å²) >= 11 is 0. The van der Waals surface area contributed by atoms with Crippen LogP contribution in [0.1, 0.15) is 50.3 Å². The van der Waals surface area contributed by atoms with Gasteiger partial charge in [0, 0.05) is 44.5 Å². The van der Waals surface area contributed by atoms with E-state index in [1.54, 1.807) is 7.05 Å². The fourth-order valence-electron chi connectivity index (χ4n) is 4.52. The SMILES string of the molecule is CNC(=O)CCCCCC(CNC(=O)C1CNC(=O)C1)c1ncc(-c2ccc3ccccc3c2)[nH]1. The minimum Gasteiger partial charge on any atom is -0.359 e. The molecular weight excluding hydrogens is 442 g/mol. The molecule has 4 N–H and O–H groups in total. The van der Waals surface area contributed by atoms with E-state index in [-0.39, 0.29) is 36.0 Å². The maximum atomic E-state index is 12.6. The highest BCUT2D eigenvalue weighted by atomic mass is 16.2. The van der Waals surface area contributed by atoms with E-state index in [2.05, 4.69) is 56.3 Å². The molecule has 3 amide bonds. The van der Waals surface area contributed by atoms with E-state index in [9.17, 15) is 14.4 Å². The molecule has 2 atom stereocenters. The largest absolute Gasteiger partial charge is 0.359 e. The Morgan fingerprint density at radius 1 is 1.11 bits per heavy atom. The number of carbonyl (C=O) groups is 3. The van der Waals surface area contributed by atoms with Crippen molar-refractivity contribution in [1.29, 1.82) is 0 Å². The van der Waals surface area contributed by atoms with E-state index in [1.165, 1.54) is 10.8 Å². The molecule has 0 bridgehead atoms. The number of amides is 3. The first kappa shape index (κ1) is 24.4. The normalized spacial score (nSPS) is 16.1. The zero-order valence-electron chi connectivity index (χ0n) is 20.1. The van der Waals surface area contributed by atoms with E-state index in [4.69, 9.17) is 0 Å². The summed E-state index contributed by atoms with van der Waals surface area (Å²) in [7, 11) is 1.65. The Kier molecular flexibility index (Phi) is 8.13. The fraction of sp³-hybridized carbons (Fsp3) is 0.407. The molecule has 1 aliphatic heterocycles. The molecule has 0 aliphatic carbocycles. The minimum atomic E-state index is -0.319. The van der Waals surface area contributed by atoms with Gasteiger partial charge in [0.2, 0.25) is 17.7 Å². The van der Waals surface area contributed by atoms with Gasteiger partial charge in [-0.25, -0.2) is 4.98 Å². The summed E-state index contributed by atoms with van der Waals surface area (Å²) in [5, 5.41) is 10.8. The molecule has 1 aliphatic rings. The molecule has 1 aromatic heterocycles. The summed E-state index contributed by atoms with van der Waals surface area (Å²) in [6.07, 6.45) is 6.12. The molecule has 8 nitrogen and oxygen atoms in total. The third kappa shape index (κ3) is 6.47. The highest BCUT2D eigenvalue weighted by Gasteiger charge is 2.28. The molecule has 2 aromatic carbocycles. The Hall–Kier alpha value is -3.68. The van der Waals surface area contributed by atoms with Crippen LogP contribution >= 0.6 is 0 Å². The summed E-state index contributed by atoms with van der Waals surface area (Å²) in [4.78, 5) is 43.7. The standard InChI is InChI=1S/C27H33N5O3/c1-28-24(33)10-4-2-3-9-21(15-31-27(35)22-14-25(34)29-16-22)26-30-17-23(32-26)20-12-11-18-7-5-6-8-19(18)13-20/h5-8,11-13,17,21-22H,2-4,9-10,14-16H2,1H3,(H,28,33)(H,29,34)(H,30,32)(H,31,35). The zero-order chi connectivity index (χ0) is 24.6. The van der Waals surface area contributed by atoms with Crippen molar-refractivity contribution in [3.63, 3.8) is 0 Å². The predicted octanol–water partition coefficient (Wildman–Crippen LogP) is 3.26. The second-order valence-corrected chi connectivity index (χ2v) is 9.16. The summed E-state index contributed by atoms with van der Waals surface area (Å²) in [6.45, 7) is 0.839. The number of carbonyl (C=O) groups excluding carboxylic acids is 3. The number of nitrogens with one attached hydrogen (secondary N) is 4. The van der Waals surface area contributed by atoms with Crippen molar-refractivity contribution in [2.75, 3.05) is 20.1 Å². The number of imidazole rings is 1. The summed E-state index contributed by atoms with van der Waals surface area (Å²) < 4.78 is 0. The van der Waals surface area contributed by atoms with Crippen LogP contribution in [-0.2, 0) is 14.4 Å². The Morgan fingerprint density at radius 3 is 2.71 bits per heavy atom. The van der Waals surface area contributed by atoms with Crippen LogP contribution in [0.15, 0.2) is 48.7 Å². The average molecular weight is 476 g/mol. The average Bonchev–Trinajstić information content (AvgIpc) is 3.54. The summed E-state index contributed by atoms with van der Waals surface area (Å²) in [5.74, 6) is 0.400. The lowest BCUT2D eigenvalue weighted by atomic mass is 9.99. The first-order chi connectivity index (χ1) is 17.0. The van der Waals surface area contributed by atoms with Gasteiger partial charge in [0.05, 0.1) is 17.8 Å². The molecule has 8 heteroatoms. The molecule has 0 saturated carbocycles. The first-order valence-corrected chi connectivity index (χ1v) is 12.3. The van der Waals surface area contributed by atoms with Gasteiger partial charge in [0.25, 0.3) is 0 Å². The fourth-order valence-corrected chi connectivity index (χ4v) is 4.52. The maximum absolute atomic E-state index is 12.6. The smallest absolute Gasteiger partial charge is 0.225 e. The van der Waals surface area contributed by atoms with Crippen molar-refractivity contribution < 1.29 is 14.4 Å². The number of H-pyrrole nitrogens is 1. The summed E-state index contributed by atoms with van der Waals surface area (Å²) in [5.41, 5.74) is 2.00. The Balaban J connectivity index is 1.43. The van der Waals surface area contributed by atoms with E-state index >= 15 is 0 Å². The van der Waals surface area contributed by atoms with Crippen LogP contribution in [0.5, 0.6) is 0 Å². The van der Waals surface area contributed by atoms with Gasteiger partial charge in [-0.2, -0.15) is 0 Å². The Morgan fingerprint density at radius 2 is 1.94 bits per heavy atom. The van der Waals surface area contributed by atoms with Crippen LogP contribution in [0.3, 0.4) is 0 Å². The molecule has 2 heterocycles. The van der Waals surface area contributed by atoms with Crippen molar-refractivity contribution in [1.82, 2.24) is 25.9 Å². The number of unbranched alkanes of at least 4 members (excludes halogenated alkanes) is 2. The highest BCUT2D eigenvalue weighted by molar-refractivity contribution is 5.89. The van der Waals surface area contributed by atoms with E-state index < -0.39 is 0 Å². The van der Waals surface area contributed by atoms with Crippen molar-refractivity contribution >= 4 is 28.5 Å². The molecular formula is C27H33N5O3. The van der Waals surface area contributed by atoms with Gasteiger partial charge in [0.1, 0.15) is 5.82 Å². The van der Waals surface area contributed by atoms with Crippen LogP contribution < -0.4 is 16.0 Å². The van der Waals surface area contributed by atoms with Crippen molar-refractivity contribution in [2.45, 2.75) is 44.4 Å². The van der Waals surface area contributed by atoms with Crippen molar-refractivity contribution in [3.8, 4) is 11.3 Å². The van der Waals surface area contributed by atoms with Crippen LogP contribution in [0.25, 0.3) is 22.0 Å². The maximum Gasteiger partial charge on any atom is 0.225 e. The minimum absolute atomic E-state index is 0.0122. The number of hydrogen-bond donors (Lipinski definition) is 4. The number of benzene rings is 2. The van der Waals surface area contributed by atoms with Crippen LogP contribution in [0, 0.1) is 5.92 Å². The molecule has 4 rings (SSSR count). The number of nitrogens with zero attached hydrogens (tertiary/aromatic N) is 1. The van der Waals surface area contributed by atoms with Gasteiger partial charge < -0.3 is 20.9 Å². The number of aromatic amines is 1. The van der Waals surface area contributed by atoms with Gasteiger partial charge in [-0.15, -0.1) is 0 Å². The van der Waals surface area contributed by atoms with Gasteiger partial charge in [-0.1, -0.05) is 49.2 Å². The number of aromatic nitrogens is 2. The van der Waals surface area contributed by atoms with E-state index in [0.29, 0.717) is 19.5 Å². The number of fused-ring (bicyclic) bond motifs is 1. The van der Waals surface area contributed by atoms with Gasteiger partial charge in [-0.3, -0.25) is 14.4 Å². The van der Waals surface area contributed by atoms with Gasteiger partial charge in [0.15, 0.2) is 0 Å². The zero-order valence-corrected chi connectivity index (χ0v) is 20.1. The molecule has 2 unspecified atom stereocenters. The molecule has 35 heavy (non-hydrogen) atoms. The molecule has 1 saturated heterocycles. The molecule has 0 spiro atoms. The van der Waals surface area contributed by atoms with Crippen molar-refractivity contribution in [2.24, 2.45) is 5.92 Å². The lowest BCUT2D eigenvalue weighted by Crippen LogP contribution is -2.35. The Bertz CT molecular complexity index is 1190. The quantitative estimate of drug-likeness (QED) is 0.319. The lowest BCUT2D eigenvalue weighted by Gasteiger charge is -2.17.